The van der Waals surface area contributed by atoms with Gasteiger partial charge in [-0.25, -0.2) is 13.6 Å². The van der Waals surface area contributed by atoms with Crippen LogP contribution in [0.15, 0.2) is 17.0 Å². The van der Waals surface area contributed by atoms with Crippen LogP contribution < -0.4 is 10.5 Å². The maximum Gasteiger partial charge on any atom is 0.251 e. The molecule has 0 saturated carbocycles. The highest BCUT2D eigenvalue weighted by molar-refractivity contribution is 7.89. The van der Waals surface area contributed by atoms with E-state index in [9.17, 15) is 17.4 Å². The third kappa shape index (κ3) is 4.77. The first kappa shape index (κ1) is 18.1. The summed E-state index contributed by atoms with van der Waals surface area (Å²) in [5.41, 5.74) is 0.352. The molecule has 0 aromatic heterocycles. The molecule has 1 aromatic carbocycles. The largest absolute Gasteiger partial charge is 0.351 e. The number of hydrogen-bond donors (Lipinski definition) is 2. The van der Waals surface area contributed by atoms with Crippen LogP contribution in [-0.4, -0.2) is 36.6 Å². The van der Waals surface area contributed by atoms with Gasteiger partial charge < -0.3 is 5.32 Å². The van der Waals surface area contributed by atoms with Crippen LogP contribution in [0.2, 0.25) is 5.02 Å². The van der Waals surface area contributed by atoms with Crippen LogP contribution >= 0.6 is 11.6 Å². The first-order chi connectivity index (χ1) is 9.54. The van der Waals surface area contributed by atoms with Crippen LogP contribution in [0, 0.1) is 6.92 Å². The second-order valence-electron chi connectivity index (χ2n) is 4.64. The van der Waals surface area contributed by atoms with Gasteiger partial charge in [-0.2, -0.15) is 0 Å². The number of primary sulfonamides is 1. The van der Waals surface area contributed by atoms with Gasteiger partial charge >= 0.3 is 0 Å². The number of halogens is 1. The Bertz CT molecular complexity index is 689. The minimum Gasteiger partial charge on any atom is -0.351 e. The molecule has 0 spiro atoms. The second kappa shape index (κ2) is 6.87. The number of hydrogen-bond acceptors (Lipinski definition) is 4. The Kier molecular flexibility index (Phi) is 5.92. The van der Waals surface area contributed by atoms with Crippen molar-refractivity contribution in [3.63, 3.8) is 0 Å². The molecule has 0 bridgehead atoms. The van der Waals surface area contributed by atoms with Gasteiger partial charge in [0.1, 0.15) is 0 Å². The molecule has 0 radical (unpaired) electrons. The molecule has 9 heteroatoms. The van der Waals surface area contributed by atoms with E-state index in [-0.39, 0.29) is 32.8 Å². The Balaban J connectivity index is 3.11. The Morgan fingerprint density at radius 3 is 2.52 bits per heavy atom. The Morgan fingerprint density at radius 1 is 1.48 bits per heavy atom. The minimum atomic E-state index is -3.97. The lowest BCUT2D eigenvalue weighted by Gasteiger charge is -2.13. The zero-order valence-electron chi connectivity index (χ0n) is 11.8. The summed E-state index contributed by atoms with van der Waals surface area (Å²) in [5.74, 6) is -0.489. The Morgan fingerprint density at radius 2 is 2.05 bits per heavy atom. The zero-order valence-corrected chi connectivity index (χ0v) is 14.2. The number of nitrogens with two attached hydrogens (primary N) is 1. The van der Waals surface area contributed by atoms with Crippen LogP contribution in [0.5, 0.6) is 0 Å². The first-order valence-corrected chi connectivity index (χ1v) is 9.52. The van der Waals surface area contributed by atoms with Crippen molar-refractivity contribution in [1.29, 1.82) is 0 Å². The molecule has 3 N–H and O–H groups in total. The van der Waals surface area contributed by atoms with Crippen molar-refractivity contribution in [2.24, 2.45) is 5.14 Å². The van der Waals surface area contributed by atoms with Gasteiger partial charge in [0.05, 0.1) is 4.90 Å². The lowest BCUT2D eigenvalue weighted by Crippen LogP contribution is -2.33. The van der Waals surface area contributed by atoms with Crippen molar-refractivity contribution < 1.29 is 17.4 Å². The summed E-state index contributed by atoms with van der Waals surface area (Å²) >= 11 is 5.84. The Labute approximate surface area is 131 Å². The second-order valence-corrected chi connectivity index (χ2v) is 8.41. The molecule has 1 aromatic rings. The van der Waals surface area contributed by atoms with Crippen LogP contribution in [0.25, 0.3) is 0 Å². The van der Waals surface area contributed by atoms with Crippen molar-refractivity contribution in [2.45, 2.75) is 24.0 Å². The van der Waals surface area contributed by atoms with Crippen LogP contribution in [0.4, 0.5) is 0 Å². The van der Waals surface area contributed by atoms with Crippen molar-refractivity contribution in [3.05, 3.63) is 28.3 Å². The number of sulfonamides is 1. The fourth-order valence-corrected chi connectivity index (χ4v) is 3.06. The molecule has 1 amide bonds. The van der Waals surface area contributed by atoms with E-state index in [4.69, 9.17) is 16.7 Å². The number of rotatable bonds is 5. The molecule has 21 heavy (non-hydrogen) atoms. The summed E-state index contributed by atoms with van der Waals surface area (Å²) < 4.78 is 34.2. The highest BCUT2D eigenvalue weighted by atomic mass is 35.5. The topological polar surface area (TPSA) is 106 Å². The average Bonchev–Trinajstić information content (AvgIpc) is 2.36. The molecule has 0 aliphatic carbocycles. The Hall–Kier alpha value is -0.960. The third-order valence-electron chi connectivity index (χ3n) is 2.99. The van der Waals surface area contributed by atoms with E-state index in [1.54, 1.807) is 13.2 Å². The monoisotopic (exact) mass is 352 g/mol. The minimum absolute atomic E-state index is 0.0990. The quantitative estimate of drug-likeness (QED) is 0.817. The fourth-order valence-electron chi connectivity index (χ4n) is 1.63. The van der Waals surface area contributed by atoms with Gasteiger partial charge in [-0.1, -0.05) is 11.6 Å². The van der Waals surface area contributed by atoms with E-state index in [1.807, 2.05) is 0 Å². The molecule has 2 atom stereocenters. The molecular formula is C12H17ClN2O4S2. The van der Waals surface area contributed by atoms with Gasteiger partial charge in [-0.05, 0) is 31.5 Å². The van der Waals surface area contributed by atoms with E-state index >= 15 is 0 Å². The molecular weight excluding hydrogens is 336 g/mol. The van der Waals surface area contributed by atoms with E-state index in [2.05, 4.69) is 5.32 Å². The maximum absolute atomic E-state index is 12.1. The number of nitrogens with one attached hydrogen (secondary N) is 1. The maximum atomic E-state index is 12.1. The highest BCUT2D eigenvalue weighted by Gasteiger charge is 2.20. The van der Waals surface area contributed by atoms with Gasteiger partial charge in [0.25, 0.3) is 5.91 Å². The predicted molar refractivity (Wildman–Crippen MR) is 83.4 cm³/mol. The summed E-state index contributed by atoms with van der Waals surface area (Å²) in [5, 5.41) is 7.58. The zero-order chi connectivity index (χ0) is 16.4. The molecule has 6 nitrogen and oxygen atoms in total. The highest BCUT2D eigenvalue weighted by Crippen LogP contribution is 2.23. The smallest absolute Gasteiger partial charge is 0.251 e. The number of benzene rings is 1. The van der Waals surface area contributed by atoms with Gasteiger partial charge in [0, 0.05) is 39.4 Å². The fraction of sp³-hybridized carbons (Fsp3) is 0.417. The normalized spacial score (nSPS) is 14.5. The van der Waals surface area contributed by atoms with Gasteiger partial charge in [0.2, 0.25) is 10.0 Å². The van der Waals surface area contributed by atoms with E-state index < -0.39 is 26.7 Å². The van der Waals surface area contributed by atoms with E-state index in [0.717, 1.165) is 0 Å². The first-order valence-electron chi connectivity index (χ1n) is 5.97. The van der Waals surface area contributed by atoms with Gasteiger partial charge in [0.15, 0.2) is 0 Å². The van der Waals surface area contributed by atoms with E-state index in [1.165, 1.54) is 19.1 Å². The molecule has 0 heterocycles. The average molecular weight is 353 g/mol. The molecule has 2 unspecified atom stereocenters. The third-order valence-corrected chi connectivity index (χ3v) is 5.55. The summed E-state index contributed by atoms with van der Waals surface area (Å²) in [4.78, 5) is 11.9. The van der Waals surface area contributed by atoms with Crippen LogP contribution in [-0.2, 0) is 20.8 Å². The summed E-state index contributed by atoms with van der Waals surface area (Å²) in [7, 11) is -5.04. The number of carbonyl (C=O) groups is 1. The molecule has 0 fully saturated rings. The summed E-state index contributed by atoms with van der Waals surface area (Å²) in [6, 6.07) is 2.57. The molecule has 1 rings (SSSR count). The van der Waals surface area contributed by atoms with Crippen molar-refractivity contribution in [1.82, 2.24) is 5.32 Å². The number of carbonyl (C=O) groups excluding carboxylic acids is 1. The van der Waals surface area contributed by atoms with Crippen LogP contribution in [0.1, 0.15) is 22.8 Å². The van der Waals surface area contributed by atoms with Gasteiger partial charge in [-0.15, -0.1) is 0 Å². The SMILES string of the molecule is Cc1c(C(=O)NCC(C)S(C)=O)cc(Cl)cc1S(N)(=O)=O. The number of amides is 1. The molecule has 0 aliphatic heterocycles. The summed E-state index contributed by atoms with van der Waals surface area (Å²) in [6.07, 6.45) is 1.54. The molecule has 0 saturated heterocycles. The lowest BCUT2D eigenvalue weighted by molar-refractivity contribution is 0.0953. The summed E-state index contributed by atoms with van der Waals surface area (Å²) in [6.45, 7) is 3.42. The van der Waals surface area contributed by atoms with Crippen molar-refractivity contribution in [2.75, 3.05) is 12.8 Å². The van der Waals surface area contributed by atoms with Crippen molar-refractivity contribution in [3.8, 4) is 0 Å². The standard InChI is InChI=1S/C12H17ClN2O4S2/c1-7(20(3)17)6-15-12(16)10-4-9(13)5-11(8(10)2)21(14,18)19/h4-5,7H,6H2,1-3H3,(H,15,16)(H2,14,18,19). The van der Waals surface area contributed by atoms with Crippen molar-refractivity contribution >= 4 is 38.3 Å². The van der Waals surface area contributed by atoms with Crippen LogP contribution in [0.3, 0.4) is 0 Å². The molecule has 0 aliphatic rings. The predicted octanol–water partition coefficient (Wildman–Crippen LogP) is 0.793. The van der Waals surface area contributed by atoms with E-state index in [0.29, 0.717) is 0 Å². The lowest BCUT2D eigenvalue weighted by atomic mass is 10.1. The molecule has 118 valence electrons. The van der Waals surface area contributed by atoms with Gasteiger partial charge in [-0.3, -0.25) is 9.00 Å².